The maximum absolute atomic E-state index is 12.4. The van der Waals surface area contributed by atoms with E-state index < -0.39 is 30.0 Å². The van der Waals surface area contributed by atoms with E-state index in [1.54, 1.807) is 0 Å². The summed E-state index contributed by atoms with van der Waals surface area (Å²) >= 11 is 0. The van der Waals surface area contributed by atoms with Crippen LogP contribution in [0.15, 0.2) is 12.4 Å². The number of hydrogen-bond donors (Lipinski definition) is 3. The summed E-state index contributed by atoms with van der Waals surface area (Å²) in [5, 5.41) is 20.6. The van der Waals surface area contributed by atoms with Gasteiger partial charge in [-0.15, -0.1) is 0 Å². The van der Waals surface area contributed by atoms with Gasteiger partial charge < -0.3 is 20.4 Å². The Labute approximate surface area is 117 Å². The summed E-state index contributed by atoms with van der Waals surface area (Å²) in [6.45, 7) is 0.365. The van der Waals surface area contributed by atoms with Crippen molar-refractivity contribution in [3.05, 3.63) is 18.0 Å². The summed E-state index contributed by atoms with van der Waals surface area (Å²) in [5.41, 5.74) is -0.950. The molecule has 1 saturated heterocycles. The van der Waals surface area contributed by atoms with Crippen molar-refractivity contribution in [1.29, 1.82) is 0 Å². The Morgan fingerprint density at radius 1 is 1.38 bits per heavy atom. The molecule has 1 fully saturated rings. The van der Waals surface area contributed by atoms with E-state index >= 15 is 0 Å². The lowest BCUT2D eigenvalue weighted by Gasteiger charge is -2.35. The van der Waals surface area contributed by atoms with Gasteiger partial charge in [0.1, 0.15) is 0 Å². The molecule has 21 heavy (non-hydrogen) atoms. The van der Waals surface area contributed by atoms with Crippen LogP contribution in [-0.4, -0.2) is 51.5 Å². The van der Waals surface area contributed by atoms with Crippen molar-refractivity contribution < 1.29 is 28.2 Å². The zero-order valence-corrected chi connectivity index (χ0v) is 10.7. The highest BCUT2D eigenvalue weighted by Crippen LogP contribution is 2.28. The minimum absolute atomic E-state index is 0.0380. The third-order valence-corrected chi connectivity index (χ3v) is 3.14. The Bertz CT molecular complexity index is 508. The molecule has 1 aliphatic heterocycles. The Morgan fingerprint density at radius 2 is 2.00 bits per heavy atom. The van der Waals surface area contributed by atoms with Gasteiger partial charge in [0.15, 0.2) is 0 Å². The second-order valence-electron chi connectivity index (χ2n) is 4.63. The molecule has 1 aromatic heterocycles. The highest BCUT2D eigenvalue weighted by Gasteiger charge is 2.33. The average molecular weight is 306 g/mol. The van der Waals surface area contributed by atoms with Gasteiger partial charge in [-0.3, -0.25) is 0 Å². The van der Waals surface area contributed by atoms with Crippen LogP contribution in [0.2, 0.25) is 0 Å². The van der Waals surface area contributed by atoms with Gasteiger partial charge in [0.25, 0.3) is 0 Å². The quantitative estimate of drug-likeness (QED) is 0.744. The second kappa shape index (κ2) is 5.72. The molecule has 0 aliphatic carbocycles. The van der Waals surface area contributed by atoms with E-state index in [1.807, 2.05) is 0 Å². The predicted molar refractivity (Wildman–Crippen MR) is 64.8 cm³/mol. The lowest BCUT2D eigenvalue weighted by Crippen LogP contribution is -2.54. The predicted octanol–water partition coefficient (Wildman–Crippen LogP) is 0.703. The number of carbonyl (C=O) groups is 1. The third kappa shape index (κ3) is 3.72. The molecule has 2 atom stereocenters. The SMILES string of the molecule is O=C(O)N[C@H]1CCN(c2ncc(C(F)(F)F)cn2)C[C@H]1O. The van der Waals surface area contributed by atoms with Crippen LogP contribution in [0.5, 0.6) is 0 Å². The van der Waals surface area contributed by atoms with Crippen LogP contribution < -0.4 is 10.2 Å². The van der Waals surface area contributed by atoms with Gasteiger partial charge in [-0.2, -0.15) is 13.2 Å². The van der Waals surface area contributed by atoms with E-state index in [0.29, 0.717) is 25.4 Å². The molecule has 0 aromatic carbocycles. The molecule has 1 aromatic rings. The normalized spacial score (nSPS) is 23.0. The van der Waals surface area contributed by atoms with Crippen molar-refractivity contribution in [3.63, 3.8) is 0 Å². The van der Waals surface area contributed by atoms with Crippen LogP contribution in [-0.2, 0) is 6.18 Å². The number of aliphatic hydroxyl groups is 1. The lowest BCUT2D eigenvalue weighted by atomic mass is 10.0. The molecular weight excluding hydrogens is 293 g/mol. The van der Waals surface area contributed by atoms with Gasteiger partial charge in [0, 0.05) is 25.5 Å². The number of β-amino-alcohol motifs (C(OH)–C–C–N with tert-alkyl or cyclic N) is 1. The second-order valence-corrected chi connectivity index (χ2v) is 4.63. The van der Waals surface area contributed by atoms with Crippen LogP contribution >= 0.6 is 0 Å². The monoisotopic (exact) mass is 306 g/mol. The van der Waals surface area contributed by atoms with E-state index in [4.69, 9.17) is 5.11 Å². The molecule has 0 radical (unpaired) electrons. The summed E-state index contributed by atoms with van der Waals surface area (Å²) < 4.78 is 37.2. The van der Waals surface area contributed by atoms with Gasteiger partial charge >= 0.3 is 12.3 Å². The maximum atomic E-state index is 12.4. The van der Waals surface area contributed by atoms with Crippen LogP contribution in [0, 0.1) is 0 Å². The number of nitrogens with one attached hydrogen (secondary N) is 1. The van der Waals surface area contributed by atoms with E-state index in [1.165, 1.54) is 4.90 Å². The molecule has 0 saturated carbocycles. The molecule has 3 N–H and O–H groups in total. The summed E-state index contributed by atoms with van der Waals surface area (Å²) in [6, 6.07) is -0.617. The fourth-order valence-corrected chi connectivity index (χ4v) is 2.07. The molecule has 2 rings (SSSR count). The summed E-state index contributed by atoms with van der Waals surface area (Å²) in [4.78, 5) is 19.3. The van der Waals surface area contributed by atoms with Crippen LogP contribution in [0.4, 0.5) is 23.9 Å². The molecular formula is C11H13F3N4O3. The fourth-order valence-electron chi connectivity index (χ4n) is 2.07. The van der Waals surface area contributed by atoms with Crippen molar-refractivity contribution >= 4 is 12.0 Å². The highest BCUT2D eigenvalue weighted by molar-refractivity contribution is 5.65. The van der Waals surface area contributed by atoms with Gasteiger partial charge in [-0.25, -0.2) is 14.8 Å². The first-order valence-electron chi connectivity index (χ1n) is 6.09. The summed E-state index contributed by atoms with van der Waals surface area (Å²) in [6.07, 6.45) is -5.07. The number of piperidine rings is 1. The molecule has 116 valence electrons. The third-order valence-electron chi connectivity index (χ3n) is 3.14. The van der Waals surface area contributed by atoms with Gasteiger partial charge in [0.2, 0.25) is 5.95 Å². The number of hydrogen-bond acceptors (Lipinski definition) is 5. The molecule has 7 nitrogen and oxygen atoms in total. The zero-order valence-electron chi connectivity index (χ0n) is 10.7. The first-order chi connectivity index (χ1) is 9.77. The highest BCUT2D eigenvalue weighted by atomic mass is 19.4. The number of anilines is 1. The number of amides is 1. The summed E-state index contributed by atoms with van der Waals surface area (Å²) in [5.74, 6) is 0.0656. The van der Waals surface area contributed by atoms with Crippen molar-refractivity contribution in [1.82, 2.24) is 15.3 Å². The van der Waals surface area contributed by atoms with Crippen molar-refractivity contribution in [2.75, 3.05) is 18.0 Å². The first kappa shape index (κ1) is 15.3. The van der Waals surface area contributed by atoms with Crippen LogP contribution in [0.25, 0.3) is 0 Å². The Hall–Kier alpha value is -2.10. The number of alkyl halides is 3. The molecule has 0 bridgehead atoms. The van der Waals surface area contributed by atoms with E-state index in [-0.39, 0.29) is 12.5 Å². The van der Waals surface area contributed by atoms with Gasteiger partial charge in [-0.05, 0) is 6.42 Å². The smallest absolute Gasteiger partial charge is 0.419 e. The lowest BCUT2D eigenvalue weighted by molar-refractivity contribution is -0.138. The number of carboxylic acid groups (broad SMARTS) is 1. The van der Waals surface area contributed by atoms with Crippen LogP contribution in [0.1, 0.15) is 12.0 Å². The first-order valence-corrected chi connectivity index (χ1v) is 6.09. The molecule has 1 aliphatic rings. The molecule has 1 amide bonds. The standard InChI is InChI=1S/C11H13F3N4O3/c12-11(13,14)6-3-15-9(16-4-6)18-2-1-7(8(19)5-18)17-10(20)21/h3-4,7-8,17,19H,1-2,5H2,(H,20,21)/t7-,8+/m0/s1. The van der Waals surface area contributed by atoms with Crippen molar-refractivity contribution in [2.24, 2.45) is 0 Å². The molecule has 0 unspecified atom stereocenters. The Balaban J connectivity index is 2.02. The number of halogens is 3. The molecule has 0 spiro atoms. The van der Waals surface area contributed by atoms with Crippen LogP contribution in [0.3, 0.4) is 0 Å². The Kier molecular flexibility index (Phi) is 4.16. The van der Waals surface area contributed by atoms with E-state index in [9.17, 15) is 23.1 Å². The summed E-state index contributed by atoms with van der Waals surface area (Å²) in [7, 11) is 0. The minimum atomic E-state index is -4.50. The number of rotatable bonds is 2. The van der Waals surface area contributed by atoms with E-state index in [0.717, 1.165) is 0 Å². The topological polar surface area (TPSA) is 98.6 Å². The molecule has 2 heterocycles. The Morgan fingerprint density at radius 3 is 2.48 bits per heavy atom. The fraction of sp³-hybridized carbons (Fsp3) is 0.545. The van der Waals surface area contributed by atoms with E-state index in [2.05, 4.69) is 15.3 Å². The number of nitrogens with zero attached hydrogens (tertiary/aromatic N) is 3. The molecule has 10 heteroatoms. The average Bonchev–Trinajstić information content (AvgIpc) is 2.40. The van der Waals surface area contributed by atoms with Gasteiger partial charge in [0.05, 0.1) is 17.7 Å². The number of aromatic nitrogens is 2. The largest absolute Gasteiger partial charge is 0.465 e. The van der Waals surface area contributed by atoms with Crippen molar-refractivity contribution in [2.45, 2.75) is 24.7 Å². The minimum Gasteiger partial charge on any atom is -0.465 e. The van der Waals surface area contributed by atoms with Crippen molar-refractivity contribution in [3.8, 4) is 0 Å². The number of aliphatic hydroxyl groups excluding tert-OH is 1. The zero-order chi connectivity index (χ0) is 15.6. The van der Waals surface area contributed by atoms with Gasteiger partial charge in [-0.1, -0.05) is 0 Å². The maximum Gasteiger partial charge on any atom is 0.419 e.